The zero-order valence-electron chi connectivity index (χ0n) is 15.6. The van der Waals surface area contributed by atoms with Gasteiger partial charge in [-0.25, -0.2) is 0 Å². The standard InChI is InChI=1S/C20H22ClN5O/c1-4-25-12-17(11-22-25)7-10-19(27)23-20-14(2)24-26(15(20)3)13-16-5-8-18(21)9-6-16/h5-12H,4,13H2,1-3H3,(H,23,27). The summed E-state index contributed by atoms with van der Waals surface area (Å²) in [7, 11) is 0. The van der Waals surface area contributed by atoms with Crippen molar-refractivity contribution in [3.8, 4) is 0 Å². The summed E-state index contributed by atoms with van der Waals surface area (Å²) < 4.78 is 3.69. The summed E-state index contributed by atoms with van der Waals surface area (Å²) in [6, 6.07) is 7.65. The van der Waals surface area contributed by atoms with Crippen LogP contribution in [-0.2, 0) is 17.9 Å². The van der Waals surface area contributed by atoms with Crippen LogP contribution in [0.4, 0.5) is 5.69 Å². The SMILES string of the molecule is CCn1cc(C=CC(=O)Nc2c(C)nn(Cc3ccc(Cl)cc3)c2C)cn1. The van der Waals surface area contributed by atoms with Crippen LogP contribution in [0.3, 0.4) is 0 Å². The van der Waals surface area contributed by atoms with Gasteiger partial charge in [-0.05, 0) is 44.5 Å². The smallest absolute Gasteiger partial charge is 0.248 e. The first kappa shape index (κ1) is 18.9. The molecule has 3 rings (SSSR count). The first-order valence-electron chi connectivity index (χ1n) is 8.76. The Labute approximate surface area is 163 Å². The summed E-state index contributed by atoms with van der Waals surface area (Å²) in [4.78, 5) is 12.3. The zero-order chi connectivity index (χ0) is 19.4. The third-order valence-electron chi connectivity index (χ3n) is 4.28. The molecule has 6 nitrogen and oxygen atoms in total. The predicted octanol–water partition coefficient (Wildman–Crippen LogP) is 4.07. The summed E-state index contributed by atoms with van der Waals surface area (Å²) in [6.45, 7) is 7.26. The van der Waals surface area contributed by atoms with Crippen molar-refractivity contribution in [1.82, 2.24) is 19.6 Å². The molecule has 2 aromatic heterocycles. The summed E-state index contributed by atoms with van der Waals surface area (Å²) in [5, 5.41) is 12.4. The number of benzene rings is 1. The molecular formula is C20H22ClN5O. The zero-order valence-corrected chi connectivity index (χ0v) is 16.4. The molecule has 3 aromatic rings. The van der Waals surface area contributed by atoms with E-state index in [0.29, 0.717) is 11.6 Å². The molecule has 1 amide bonds. The fraction of sp³-hybridized carbons (Fsp3) is 0.250. The number of aryl methyl sites for hydroxylation is 2. The molecule has 27 heavy (non-hydrogen) atoms. The average Bonchev–Trinajstić information content (AvgIpc) is 3.22. The molecule has 7 heteroatoms. The van der Waals surface area contributed by atoms with Crippen LogP contribution >= 0.6 is 11.6 Å². The topological polar surface area (TPSA) is 64.7 Å². The fourth-order valence-corrected chi connectivity index (χ4v) is 2.90. The number of halogens is 1. The fourth-order valence-electron chi connectivity index (χ4n) is 2.77. The van der Waals surface area contributed by atoms with Crippen LogP contribution in [0.5, 0.6) is 0 Å². The van der Waals surface area contributed by atoms with Crippen LogP contribution in [-0.4, -0.2) is 25.5 Å². The van der Waals surface area contributed by atoms with Crippen LogP contribution in [0.25, 0.3) is 6.08 Å². The maximum absolute atomic E-state index is 12.3. The van der Waals surface area contributed by atoms with Crippen molar-refractivity contribution in [2.75, 3.05) is 5.32 Å². The molecule has 0 fully saturated rings. The summed E-state index contributed by atoms with van der Waals surface area (Å²) in [6.07, 6.45) is 6.88. The maximum atomic E-state index is 12.3. The van der Waals surface area contributed by atoms with Crippen LogP contribution < -0.4 is 5.32 Å². The normalized spacial score (nSPS) is 11.3. The second kappa shape index (κ2) is 8.22. The number of carbonyl (C=O) groups excluding carboxylic acids is 1. The van der Waals surface area contributed by atoms with Gasteiger partial charge < -0.3 is 5.32 Å². The molecule has 2 heterocycles. The number of hydrogen-bond donors (Lipinski definition) is 1. The molecule has 140 valence electrons. The van der Waals surface area contributed by atoms with E-state index in [4.69, 9.17) is 11.6 Å². The summed E-state index contributed by atoms with van der Waals surface area (Å²) >= 11 is 5.93. The second-order valence-corrected chi connectivity index (χ2v) is 6.72. The lowest BCUT2D eigenvalue weighted by Gasteiger charge is -2.06. The Balaban J connectivity index is 1.70. The highest BCUT2D eigenvalue weighted by molar-refractivity contribution is 6.30. The number of nitrogens with one attached hydrogen (secondary N) is 1. The van der Waals surface area contributed by atoms with Crippen molar-refractivity contribution in [2.24, 2.45) is 0 Å². The van der Waals surface area contributed by atoms with Crippen molar-refractivity contribution in [3.05, 3.63) is 70.3 Å². The van der Waals surface area contributed by atoms with Crippen molar-refractivity contribution in [3.63, 3.8) is 0 Å². The molecule has 0 unspecified atom stereocenters. The summed E-state index contributed by atoms with van der Waals surface area (Å²) in [5.41, 5.74) is 4.41. The Kier molecular flexibility index (Phi) is 5.76. The number of nitrogens with zero attached hydrogens (tertiary/aromatic N) is 4. The molecule has 0 aliphatic rings. The van der Waals surface area contributed by atoms with Crippen LogP contribution in [0, 0.1) is 13.8 Å². The number of anilines is 1. The molecule has 0 radical (unpaired) electrons. The van der Waals surface area contributed by atoms with E-state index in [-0.39, 0.29) is 5.91 Å². The average molecular weight is 384 g/mol. The Bertz CT molecular complexity index is 969. The molecular weight excluding hydrogens is 362 g/mol. The van der Waals surface area contributed by atoms with Crippen LogP contribution in [0.2, 0.25) is 5.02 Å². The van der Waals surface area contributed by atoms with Gasteiger partial charge in [0.2, 0.25) is 5.91 Å². The van der Waals surface area contributed by atoms with E-state index in [1.807, 2.05) is 60.6 Å². The lowest BCUT2D eigenvalue weighted by Crippen LogP contribution is -2.10. The minimum atomic E-state index is -0.198. The minimum Gasteiger partial charge on any atom is -0.319 e. The number of aromatic nitrogens is 4. The van der Waals surface area contributed by atoms with Crippen molar-refractivity contribution in [2.45, 2.75) is 33.9 Å². The van der Waals surface area contributed by atoms with E-state index in [1.54, 1.807) is 12.3 Å². The number of carbonyl (C=O) groups is 1. The Morgan fingerprint density at radius 1 is 1.26 bits per heavy atom. The van der Waals surface area contributed by atoms with Gasteiger partial charge >= 0.3 is 0 Å². The van der Waals surface area contributed by atoms with Gasteiger partial charge in [-0.3, -0.25) is 14.2 Å². The highest BCUT2D eigenvalue weighted by atomic mass is 35.5. The third-order valence-corrected chi connectivity index (χ3v) is 4.53. The Morgan fingerprint density at radius 2 is 2.00 bits per heavy atom. The van der Waals surface area contributed by atoms with Crippen molar-refractivity contribution >= 4 is 29.3 Å². The number of rotatable bonds is 6. The van der Waals surface area contributed by atoms with Gasteiger partial charge in [0.05, 0.1) is 29.8 Å². The molecule has 0 bridgehead atoms. The highest BCUT2D eigenvalue weighted by Crippen LogP contribution is 2.21. The number of hydrogen-bond acceptors (Lipinski definition) is 3. The van der Waals surface area contributed by atoms with Crippen LogP contribution in [0.15, 0.2) is 42.7 Å². The quantitative estimate of drug-likeness (QED) is 0.652. The molecule has 0 spiro atoms. The van der Waals surface area contributed by atoms with Gasteiger partial charge in [0, 0.05) is 29.4 Å². The molecule has 0 aliphatic carbocycles. The lowest BCUT2D eigenvalue weighted by molar-refractivity contribution is -0.111. The van der Waals surface area contributed by atoms with Gasteiger partial charge in [0.15, 0.2) is 0 Å². The van der Waals surface area contributed by atoms with E-state index < -0.39 is 0 Å². The second-order valence-electron chi connectivity index (χ2n) is 6.28. The largest absolute Gasteiger partial charge is 0.319 e. The van der Waals surface area contributed by atoms with E-state index in [0.717, 1.165) is 34.7 Å². The Hall–Kier alpha value is -2.86. The van der Waals surface area contributed by atoms with Gasteiger partial charge in [0.1, 0.15) is 0 Å². The van der Waals surface area contributed by atoms with E-state index in [1.165, 1.54) is 6.08 Å². The summed E-state index contributed by atoms with van der Waals surface area (Å²) in [5.74, 6) is -0.198. The molecule has 0 saturated carbocycles. The molecule has 0 atom stereocenters. The van der Waals surface area contributed by atoms with Gasteiger partial charge in [0.25, 0.3) is 0 Å². The van der Waals surface area contributed by atoms with E-state index >= 15 is 0 Å². The Morgan fingerprint density at radius 3 is 2.67 bits per heavy atom. The van der Waals surface area contributed by atoms with Gasteiger partial charge in [-0.1, -0.05) is 23.7 Å². The van der Waals surface area contributed by atoms with Gasteiger partial charge in [-0.2, -0.15) is 10.2 Å². The monoisotopic (exact) mass is 383 g/mol. The van der Waals surface area contributed by atoms with E-state index in [2.05, 4.69) is 15.5 Å². The van der Waals surface area contributed by atoms with E-state index in [9.17, 15) is 4.79 Å². The lowest BCUT2D eigenvalue weighted by atomic mass is 10.2. The maximum Gasteiger partial charge on any atom is 0.248 e. The van der Waals surface area contributed by atoms with Crippen molar-refractivity contribution in [1.29, 1.82) is 0 Å². The van der Waals surface area contributed by atoms with Gasteiger partial charge in [-0.15, -0.1) is 0 Å². The van der Waals surface area contributed by atoms with Crippen molar-refractivity contribution < 1.29 is 4.79 Å². The number of amides is 1. The van der Waals surface area contributed by atoms with Crippen LogP contribution in [0.1, 0.15) is 29.4 Å². The minimum absolute atomic E-state index is 0.198. The third kappa shape index (κ3) is 4.65. The molecule has 0 saturated heterocycles. The first-order valence-corrected chi connectivity index (χ1v) is 9.14. The predicted molar refractivity (Wildman–Crippen MR) is 108 cm³/mol. The highest BCUT2D eigenvalue weighted by Gasteiger charge is 2.13. The first-order chi connectivity index (χ1) is 13.0. The molecule has 1 N–H and O–H groups in total. The molecule has 1 aromatic carbocycles. The molecule has 0 aliphatic heterocycles.